The van der Waals surface area contributed by atoms with Crippen LogP contribution in [0.2, 0.25) is 0 Å². The van der Waals surface area contributed by atoms with Crippen LogP contribution in [0.25, 0.3) is 0 Å². The third kappa shape index (κ3) is 5.20. The molecule has 5 nitrogen and oxygen atoms in total. The standard InChI is InChI=1S/C24H28BrFN2O3/c1-23(2,3)31-22(29)28-13-9-16(10-14-28)20-5-4-6-21(27-20)30-24(11-12-24)18-8-7-17(25)15-19(18)26/h4-8,15-16H,9-14H2,1-3H3. The van der Waals surface area contributed by atoms with Gasteiger partial charge in [-0.15, -0.1) is 0 Å². The zero-order valence-corrected chi connectivity index (χ0v) is 19.7. The van der Waals surface area contributed by atoms with Crippen LogP contribution in [0.3, 0.4) is 0 Å². The van der Waals surface area contributed by atoms with Crippen LogP contribution in [0, 0.1) is 5.82 Å². The Morgan fingerprint density at radius 1 is 1.19 bits per heavy atom. The predicted octanol–water partition coefficient (Wildman–Crippen LogP) is 6.17. The number of piperidine rings is 1. The minimum Gasteiger partial charge on any atom is -0.466 e. The summed E-state index contributed by atoms with van der Waals surface area (Å²) < 4.78 is 26.9. The van der Waals surface area contributed by atoms with Crippen molar-refractivity contribution in [2.75, 3.05) is 13.1 Å². The average Bonchev–Trinajstić information content (AvgIpc) is 3.47. The summed E-state index contributed by atoms with van der Waals surface area (Å²) in [5, 5.41) is 0. The van der Waals surface area contributed by atoms with Gasteiger partial charge in [0.15, 0.2) is 0 Å². The molecule has 1 aliphatic heterocycles. The average molecular weight is 491 g/mol. The zero-order valence-electron chi connectivity index (χ0n) is 18.2. The maximum atomic E-state index is 14.5. The van der Waals surface area contributed by atoms with E-state index in [0.29, 0.717) is 29.0 Å². The highest BCUT2D eigenvalue weighted by Gasteiger charge is 2.49. The first kappa shape index (κ1) is 22.1. The van der Waals surface area contributed by atoms with E-state index in [0.717, 1.165) is 31.4 Å². The van der Waals surface area contributed by atoms with Crippen molar-refractivity contribution in [2.24, 2.45) is 0 Å². The molecule has 0 atom stereocenters. The van der Waals surface area contributed by atoms with Crippen LogP contribution in [-0.2, 0) is 10.3 Å². The lowest BCUT2D eigenvalue weighted by Crippen LogP contribution is -2.41. The molecule has 1 aromatic carbocycles. The number of likely N-dealkylation sites (tertiary alicyclic amines) is 1. The highest BCUT2D eigenvalue weighted by molar-refractivity contribution is 9.10. The molecule has 1 saturated heterocycles. The van der Waals surface area contributed by atoms with Gasteiger partial charge in [-0.3, -0.25) is 0 Å². The van der Waals surface area contributed by atoms with Crippen LogP contribution in [0.5, 0.6) is 5.88 Å². The van der Waals surface area contributed by atoms with Crippen LogP contribution in [0.1, 0.15) is 63.6 Å². The minimum absolute atomic E-state index is 0.252. The van der Waals surface area contributed by atoms with E-state index in [4.69, 9.17) is 14.5 Å². The minimum atomic E-state index is -0.628. The van der Waals surface area contributed by atoms with Gasteiger partial charge in [0.1, 0.15) is 17.0 Å². The Morgan fingerprint density at radius 2 is 1.90 bits per heavy atom. The third-order valence-electron chi connectivity index (χ3n) is 5.74. The van der Waals surface area contributed by atoms with Crippen molar-refractivity contribution >= 4 is 22.0 Å². The van der Waals surface area contributed by atoms with Crippen LogP contribution >= 0.6 is 15.9 Å². The molecule has 0 unspecified atom stereocenters. The maximum Gasteiger partial charge on any atom is 0.410 e. The van der Waals surface area contributed by atoms with Crippen LogP contribution in [-0.4, -0.2) is 34.7 Å². The molecule has 2 aliphatic rings. The summed E-state index contributed by atoms with van der Waals surface area (Å²) in [4.78, 5) is 18.8. The largest absolute Gasteiger partial charge is 0.466 e. The van der Waals surface area contributed by atoms with Crippen molar-refractivity contribution in [2.45, 2.75) is 63.6 Å². The Bertz CT molecular complexity index is 964. The van der Waals surface area contributed by atoms with Gasteiger partial charge in [0.05, 0.1) is 0 Å². The molecule has 1 saturated carbocycles. The number of amides is 1. The number of halogens is 2. The molecule has 2 aromatic rings. The molecule has 4 rings (SSSR count). The fraction of sp³-hybridized carbons (Fsp3) is 0.500. The Labute approximate surface area is 191 Å². The molecule has 0 spiro atoms. The number of carbonyl (C=O) groups is 1. The first-order valence-corrected chi connectivity index (χ1v) is 11.5. The lowest BCUT2D eigenvalue weighted by atomic mass is 9.93. The van der Waals surface area contributed by atoms with Crippen molar-refractivity contribution in [3.05, 3.63) is 57.9 Å². The van der Waals surface area contributed by atoms with Gasteiger partial charge in [-0.05, 0) is 64.7 Å². The van der Waals surface area contributed by atoms with Gasteiger partial charge in [-0.1, -0.05) is 28.1 Å². The lowest BCUT2D eigenvalue weighted by Gasteiger charge is -2.33. The molecule has 0 radical (unpaired) electrons. The summed E-state index contributed by atoms with van der Waals surface area (Å²) in [6.07, 6.45) is 2.92. The summed E-state index contributed by atoms with van der Waals surface area (Å²) >= 11 is 3.31. The quantitative estimate of drug-likeness (QED) is 0.514. The van der Waals surface area contributed by atoms with E-state index in [1.165, 1.54) is 6.07 Å². The Hall–Kier alpha value is -2.15. The van der Waals surface area contributed by atoms with Gasteiger partial charge in [0, 0.05) is 40.8 Å². The Kier molecular flexibility index (Phi) is 5.99. The molecule has 7 heteroatoms. The second-order valence-corrected chi connectivity index (χ2v) is 10.3. The van der Waals surface area contributed by atoms with Gasteiger partial charge in [-0.2, -0.15) is 0 Å². The molecular formula is C24H28BrFN2O3. The van der Waals surface area contributed by atoms with Gasteiger partial charge >= 0.3 is 6.09 Å². The van der Waals surface area contributed by atoms with Crippen molar-refractivity contribution in [1.82, 2.24) is 9.88 Å². The van der Waals surface area contributed by atoms with Crippen molar-refractivity contribution in [3.63, 3.8) is 0 Å². The molecule has 1 amide bonds. The van der Waals surface area contributed by atoms with E-state index in [-0.39, 0.29) is 17.8 Å². The second kappa shape index (κ2) is 8.41. The maximum absolute atomic E-state index is 14.5. The summed E-state index contributed by atoms with van der Waals surface area (Å²) in [6.45, 7) is 6.90. The zero-order chi connectivity index (χ0) is 22.2. The van der Waals surface area contributed by atoms with E-state index in [9.17, 15) is 9.18 Å². The number of aromatic nitrogens is 1. The molecule has 1 aromatic heterocycles. The monoisotopic (exact) mass is 490 g/mol. The molecule has 0 bridgehead atoms. The topological polar surface area (TPSA) is 51.7 Å². The molecule has 1 aliphatic carbocycles. The number of carbonyl (C=O) groups excluding carboxylic acids is 1. The Morgan fingerprint density at radius 3 is 2.52 bits per heavy atom. The molecular weight excluding hydrogens is 463 g/mol. The van der Waals surface area contributed by atoms with E-state index in [1.807, 2.05) is 45.0 Å². The van der Waals surface area contributed by atoms with E-state index >= 15 is 0 Å². The predicted molar refractivity (Wildman–Crippen MR) is 120 cm³/mol. The molecule has 31 heavy (non-hydrogen) atoms. The van der Waals surface area contributed by atoms with E-state index in [1.54, 1.807) is 11.0 Å². The number of pyridine rings is 1. The van der Waals surface area contributed by atoms with Crippen LogP contribution in [0.4, 0.5) is 9.18 Å². The normalized spacial score (nSPS) is 18.5. The fourth-order valence-electron chi connectivity index (χ4n) is 4.00. The SMILES string of the molecule is CC(C)(C)OC(=O)N1CCC(c2cccc(OC3(c4ccc(Br)cc4F)CC3)n2)CC1. The fourth-order valence-corrected chi connectivity index (χ4v) is 4.33. The van der Waals surface area contributed by atoms with E-state index < -0.39 is 11.2 Å². The number of hydrogen-bond donors (Lipinski definition) is 0. The molecule has 0 N–H and O–H groups in total. The van der Waals surface area contributed by atoms with Gasteiger partial charge in [0.25, 0.3) is 0 Å². The Balaban J connectivity index is 1.41. The van der Waals surface area contributed by atoms with Crippen LogP contribution in [0.15, 0.2) is 40.9 Å². The highest BCUT2D eigenvalue weighted by atomic mass is 79.9. The summed E-state index contributed by atoms with van der Waals surface area (Å²) in [6, 6.07) is 10.9. The van der Waals surface area contributed by atoms with Crippen LogP contribution < -0.4 is 4.74 Å². The number of hydrogen-bond acceptors (Lipinski definition) is 4. The number of benzene rings is 1. The van der Waals surface area contributed by atoms with Crippen molar-refractivity contribution in [3.8, 4) is 5.88 Å². The second-order valence-electron chi connectivity index (χ2n) is 9.36. The number of nitrogens with zero attached hydrogens (tertiary/aromatic N) is 2. The van der Waals surface area contributed by atoms with Crippen molar-refractivity contribution in [1.29, 1.82) is 0 Å². The first-order valence-electron chi connectivity index (χ1n) is 10.7. The van der Waals surface area contributed by atoms with Gasteiger partial charge in [-0.25, -0.2) is 14.2 Å². The number of rotatable bonds is 4. The summed E-state index contributed by atoms with van der Waals surface area (Å²) in [5.74, 6) is 0.506. The third-order valence-corrected chi connectivity index (χ3v) is 6.23. The first-order chi connectivity index (χ1) is 14.7. The number of ether oxygens (including phenoxy) is 2. The van der Waals surface area contributed by atoms with Gasteiger partial charge in [0.2, 0.25) is 5.88 Å². The molecule has 166 valence electrons. The summed E-state index contributed by atoms with van der Waals surface area (Å²) in [5.41, 5.74) is 0.409. The van der Waals surface area contributed by atoms with Gasteiger partial charge < -0.3 is 14.4 Å². The molecule has 2 heterocycles. The van der Waals surface area contributed by atoms with E-state index in [2.05, 4.69) is 15.9 Å². The highest BCUT2D eigenvalue weighted by Crippen LogP contribution is 2.50. The lowest BCUT2D eigenvalue weighted by molar-refractivity contribution is 0.0203. The van der Waals surface area contributed by atoms with Crippen molar-refractivity contribution < 1.29 is 18.7 Å². The smallest absolute Gasteiger partial charge is 0.410 e. The molecule has 2 fully saturated rings. The summed E-state index contributed by atoms with van der Waals surface area (Å²) in [7, 11) is 0.